The number of piperidine rings is 1. The summed E-state index contributed by atoms with van der Waals surface area (Å²) in [6.45, 7) is 1.75. The molecule has 0 aromatic heterocycles. The van der Waals surface area contributed by atoms with Crippen LogP contribution < -0.4 is 5.32 Å². The summed E-state index contributed by atoms with van der Waals surface area (Å²) in [5.41, 5.74) is 0. The summed E-state index contributed by atoms with van der Waals surface area (Å²) >= 11 is 0. The van der Waals surface area contributed by atoms with Gasteiger partial charge in [0.15, 0.2) is 0 Å². The molecule has 0 spiro atoms. The van der Waals surface area contributed by atoms with Crippen molar-refractivity contribution in [3.8, 4) is 0 Å². The van der Waals surface area contributed by atoms with Crippen LogP contribution in [0.1, 0.15) is 32.1 Å². The van der Waals surface area contributed by atoms with E-state index in [0.29, 0.717) is 13.0 Å². The zero-order valence-electron chi connectivity index (χ0n) is 12.1. The third kappa shape index (κ3) is 5.82. The summed E-state index contributed by atoms with van der Waals surface area (Å²) in [6, 6.07) is 0. The minimum absolute atomic E-state index is 0.204. The van der Waals surface area contributed by atoms with E-state index in [0.717, 1.165) is 45.4 Å². The topological polar surface area (TPSA) is 41.6 Å². The number of hydrogen-bond donors (Lipinski definition) is 1. The van der Waals surface area contributed by atoms with Crippen LogP contribution in [0.2, 0.25) is 0 Å². The fraction of sp³-hybridized carbons (Fsp3) is 0.929. The van der Waals surface area contributed by atoms with Gasteiger partial charge in [-0.2, -0.15) is 13.2 Å². The van der Waals surface area contributed by atoms with Crippen molar-refractivity contribution in [2.24, 2.45) is 5.92 Å². The van der Waals surface area contributed by atoms with Gasteiger partial charge in [-0.3, -0.25) is 9.69 Å². The van der Waals surface area contributed by atoms with Crippen LogP contribution in [-0.4, -0.2) is 55.9 Å². The highest BCUT2D eigenvalue weighted by molar-refractivity contribution is 5.79. The van der Waals surface area contributed by atoms with Gasteiger partial charge in [0.1, 0.15) is 6.54 Å². The van der Waals surface area contributed by atoms with E-state index in [-0.39, 0.29) is 12.0 Å². The van der Waals surface area contributed by atoms with E-state index in [9.17, 15) is 18.0 Å². The number of carbonyl (C=O) groups is 1. The van der Waals surface area contributed by atoms with Crippen molar-refractivity contribution in [2.45, 2.75) is 44.4 Å². The highest BCUT2D eigenvalue weighted by atomic mass is 19.4. The molecule has 2 aliphatic rings. The lowest BCUT2D eigenvalue weighted by molar-refractivity contribution is -0.142. The predicted octanol–water partition coefficient (Wildman–Crippen LogP) is 1.95. The monoisotopic (exact) mass is 308 g/mol. The van der Waals surface area contributed by atoms with Gasteiger partial charge in [0.25, 0.3) is 0 Å². The molecule has 1 amide bonds. The smallest absolute Gasteiger partial charge is 0.377 e. The number of rotatable bonds is 4. The first-order valence-corrected chi connectivity index (χ1v) is 7.62. The molecule has 2 atom stereocenters. The Kier molecular flexibility index (Phi) is 5.87. The van der Waals surface area contributed by atoms with E-state index in [1.807, 2.05) is 5.32 Å². The minimum Gasteiger partial charge on any atom is -0.377 e. The molecule has 0 bridgehead atoms. The molecule has 21 heavy (non-hydrogen) atoms. The van der Waals surface area contributed by atoms with Crippen molar-refractivity contribution in [3.63, 3.8) is 0 Å². The maximum absolute atomic E-state index is 12.1. The molecule has 1 N–H and O–H groups in total. The normalized spacial score (nSPS) is 28.3. The zero-order valence-corrected chi connectivity index (χ0v) is 12.1. The van der Waals surface area contributed by atoms with Gasteiger partial charge >= 0.3 is 6.18 Å². The van der Waals surface area contributed by atoms with Crippen LogP contribution in [0.15, 0.2) is 0 Å². The van der Waals surface area contributed by atoms with Crippen LogP contribution in [0.3, 0.4) is 0 Å². The lowest BCUT2D eigenvalue weighted by Crippen LogP contribution is -2.47. The number of nitrogens with zero attached hydrogens (tertiary/aromatic N) is 1. The first kappa shape index (κ1) is 16.5. The molecule has 0 saturated carbocycles. The number of halogens is 3. The molecule has 0 unspecified atom stereocenters. The Morgan fingerprint density at radius 3 is 2.71 bits per heavy atom. The van der Waals surface area contributed by atoms with Gasteiger partial charge < -0.3 is 10.1 Å². The number of hydrogen-bond acceptors (Lipinski definition) is 3. The van der Waals surface area contributed by atoms with Crippen LogP contribution in [0.4, 0.5) is 13.2 Å². The fourth-order valence-corrected chi connectivity index (χ4v) is 3.01. The molecule has 0 aromatic rings. The van der Waals surface area contributed by atoms with Gasteiger partial charge in [0, 0.05) is 19.7 Å². The Balaban J connectivity index is 1.75. The van der Waals surface area contributed by atoms with E-state index in [1.54, 1.807) is 0 Å². The number of nitrogens with one attached hydrogen (secondary N) is 1. The van der Waals surface area contributed by atoms with Gasteiger partial charge in [-0.25, -0.2) is 0 Å². The van der Waals surface area contributed by atoms with Crippen LogP contribution in [0, 0.1) is 5.92 Å². The summed E-state index contributed by atoms with van der Waals surface area (Å²) in [6.07, 6.45) is 0.646. The molecular formula is C14H23F3N2O2. The minimum atomic E-state index is -4.35. The first-order chi connectivity index (χ1) is 9.94. The number of likely N-dealkylation sites (tertiary alicyclic amines) is 1. The molecule has 0 radical (unpaired) electrons. The third-order valence-electron chi connectivity index (χ3n) is 4.08. The van der Waals surface area contributed by atoms with E-state index < -0.39 is 18.6 Å². The molecule has 0 aromatic carbocycles. The summed E-state index contributed by atoms with van der Waals surface area (Å²) in [5, 5.41) is 1.99. The molecule has 2 saturated heterocycles. The van der Waals surface area contributed by atoms with Crippen molar-refractivity contribution in [3.05, 3.63) is 0 Å². The van der Waals surface area contributed by atoms with Crippen LogP contribution in [0.5, 0.6) is 0 Å². The van der Waals surface area contributed by atoms with Crippen molar-refractivity contribution >= 4 is 5.91 Å². The highest BCUT2D eigenvalue weighted by Gasteiger charge is 2.32. The molecule has 0 aliphatic carbocycles. The molecular weight excluding hydrogens is 285 g/mol. The molecule has 2 aliphatic heterocycles. The number of alkyl halides is 3. The number of ether oxygens (including phenoxy) is 1. The van der Waals surface area contributed by atoms with Crippen LogP contribution >= 0.6 is 0 Å². The van der Waals surface area contributed by atoms with Crippen molar-refractivity contribution in [2.75, 3.05) is 32.8 Å². The highest BCUT2D eigenvalue weighted by Crippen LogP contribution is 2.20. The molecule has 122 valence electrons. The molecule has 2 heterocycles. The second-order valence-electron chi connectivity index (χ2n) is 5.92. The van der Waals surface area contributed by atoms with Gasteiger partial charge in [0.2, 0.25) is 5.91 Å². The third-order valence-corrected chi connectivity index (χ3v) is 4.08. The molecule has 2 rings (SSSR count). The molecule has 2 fully saturated rings. The maximum atomic E-state index is 12.1. The Morgan fingerprint density at radius 1 is 1.24 bits per heavy atom. The second-order valence-corrected chi connectivity index (χ2v) is 5.92. The van der Waals surface area contributed by atoms with Crippen molar-refractivity contribution < 1.29 is 22.7 Å². The van der Waals surface area contributed by atoms with Gasteiger partial charge in [-0.15, -0.1) is 0 Å². The average molecular weight is 308 g/mol. The standard InChI is InChI=1S/C14H23F3N2O2/c15-14(16,17)10-18-13(20)11-4-3-6-19(8-11)9-12-5-1-2-7-21-12/h11-12H,1-10H2,(H,18,20)/t11-,12+/m1/s1. The summed E-state index contributed by atoms with van der Waals surface area (Å²) < 4.78 is 42.1. The van der Waals surface area contributed by atoms with E-state index in [1.165, 1.54) is 0 Å². The Hall–Kier alpha value is -0.820. The quantitative estimate of drug-likeness (QED) is 0.863. The summed E-state index contributed by atoms with van der Waals surface area (Å²) in [5.74, 6) is -0.828. The van der Waals surface area contributed by atoms with E-state index >= 15 is 0 Å². The lowest BCUT2D eigenvalue weighted by Gasteiger charge is -2.35. The average Bonchev–Trinajstić information content (AvgIpc) is 2.45. The molecule has 4 nitrogen and oxygen atoms in total. The van der Waals surface area contributed by atoms with Gasteiger partial charge in [0.05, 0.1) is 12.0 Å². The number of amides is 1. The zero-order chi connectivity index (χ0) is 15.3. The summed E-state index contributed by atoms with van der Waals surface area (Å²) in [4.78, 5) is 14.0. The Bertz CT molecular complexity index is 344. The van der Waals surface area contributed by atoms with Crippen molar-refractivity contribution in [1.29, 1.82) is 0 Å². The van der Waals surface area contributed by atoms with Gasteiger partial charge in [-0.05, 0) is 38.6 Å². The first-order valence-electron chi connectivity index (χ1n) is 7.62. The van der Waals surface area contributed by atoms with Gasteiger partial charge in [-0.1, -0.05) is 0 Å². The predicted molar refractivity (Wildman–Crippen MR) is 71.8 cm³/mol. The summed E-state index contributed by atoms with van der Waals surface area (Å²) in [7, 11) is 0. The van der Waals surface area contributed by atoms with E-state index in [4.69, 9.17) is 4.74 Å². The largest absolute Gasteiger partial charge is 0.405 e. The SMILES string of the molecule is O=C(NCC(F)(F)F)[C@@H]1CCCN(C[C@@H]2CCCCO2)C1. The fourth-order valence-electron chi connectivity index (χ4n) is 3.01. The van der Waals surface area contributed by atoms with Crippen LogP contribution in [0.25, 0.3) is 0 Å². The Labute approximate surface area is 123 Å². The second kappa shape index (κ2) is 7.45. The maximum Gasteiger partial charge on any atom is 0.405 e. The lowest BCUT2D eigenvalue weighted by atomic mass is 9.96. The van der Waals surface area contributed by atoms with E-state index in [2.05, 4.69) is 4.90 Å². The molecule has 7 heteroatoms. The Morgan fingerprint density at radius 2 is 2.05 bits per heavy atom. The van der Waals surface area contributed by atoms with Crippen LogP contribution in [-0.2, 0) is 9.53 Å². The number of carbonyl (C=O) groups excluding carboxylic acids is 1. The van der Waals surface area contributed by atoms with Crippen molar-refractivity contribution in [1.82, 2.24) is 10.2 Å².